The van der Waals surface area contributed by atoms with Crippen LogP contribution >= 0.6 is 0 Å². The van der Waals surface area contributed by atoms with Crippen molar-refractivity contribution in [2.75, 3.05) is 0 Å². The molecule has 0 atom stereocenters. The Balaban J connectivity index is 2.91. The third-order valence-corrected chi connectivity index (χ3v) is 1.89. The second-order valence-electron chi connectivity index (χ2n) is 2.64. The highest BCUT2D eigenvalue weighted by Gasteiger charge is 2.10. The summed E-state index contributed by atoms with van der Waals surface area (Å²) in [6.45, 7) is 0. The van der Waals surface area contributed by atoms with Crippen LogP contribution in [0, 0.1) is 17.1 Å². The first-order valence-corrected chi connectivity index (χ1v) is 3.62. The average molecular weight is 176 g/mol. The van der Waals surface area contributed by atoms with Crippen molar-refractivity contribution in [1.29, 1.82) is 5.26 Å². The maximum atomic E-state index is 13.2. The number of nitrogens with zero attached hydrogens (tertiary/aromatic N) is 1. The van der Waals surface area contributed by atoms with Gasteiger partial charge >= 0.3 is 0 Å². The van der Waals surface area contributed by atoms with Crippen LogP contribution in [0.15, 0.2) is 18.3 Å². The number of aromatic amines is 1. The van der Waals surface area contributed by atoms with Gasteiger partial charge in [0.25, 0.3) is 0 Å². The average Bonchev–Trinajstić information content (AvgIpc) is 2.55. The van der Waals surface area contributed by atoms with Crippen molar-refractivity contribution < 1.29 is 9.50 Å². The third kappa shape index (κ3) is 0.942. The molecule has 2 rings (SSSR count). The zero-order valence-electron chi connectivity index (χ0n) is 6.50. The van der Waals surface area contributed by atoms with E-state index in [1.165, 1.54) is 18.3 Å². The molecule has 0 aliphatic carbocycles. The molecule has 0 radical (unpaired) electrons. The Bertz CT molecular complexity index is 510. The third-order valence-electron chi connectivity index (χ3n) is 1.89. The summed E-state index contributed by atoms with van der Waals surface area (Å²) in [5.41, 5.74) is 0.533. The van der Waals surface area contributed by atoms with Gasteiger partial charge in [0.15, 0.2) is 11.6 Å². The van der Waals surface area contributed by atoms with E-state index in [1.807, 2.05) is 6.07 Å². The number of aromatic nitrogens is 1. The quantitative estimate of drug-likeness (QED) is 0.643. The Morgan fingerprint density at radius 1 is 1.46 bits per heavy atom. The number of fused-ring (bicyclic) bond motifs is 1. The maximum Gasteiger partial charge on any atom is 0.188 e. The van der Waals surface area contributed by atoms with Gasteiger partial charge in [0.05, 0.1) is 11.1 Å². The van der Waals surface area contributed by atoms with Gasteiger partial charge in [0.2, 0.25) is 0 Å². The van der Waals surface area contributed by atoms with Crippen LogP contribution in [0.25, 0.3) is 10.9 Å². The van der Waals surface area contributed by atoms with Crippen LogP contribution in [-0.2, 0) is 0 Å². The summed E-state index contributed by atoms with van der Waals surface area (Å²) < 4.78 is 13.2. The number of benzene rings is 1. The van der Waals surface area contributed by atoms with Crippen LogP contribution in [0.4, 0.5) is 4.39 Å². The van der Waals surface area contributed by atoms with Crippen LogP contribution in [0.5, 0.6) is 5.75 Å². The molecule has 0 saturated heterocycles. The van der Waals surface area contributed by atoms with Gasteiger partial charge in [-0.3, -0.25) is 0 Å². The van der Waals surface area contributed by atoms with Gasteiger partial charge in [0, 0.05) is 11.6 Å². The first-order chi connectivity index (χ1) is 6.24. The number of rotatable bonds is 0. The molecular formula is C9H5FN2O. The Morgan fingerprint density at radius 3 is 2.92 bits per heavy atom. The highest BCUT2D eigenvalue weighted by Crippen LogP contribution is 2.26. The molecule has 0 aliphatic heterocycles. The number of H-pyrrole nitrogens is 1. The molecule has 0 aliphatic rings. The summed E-state index contributed by atoms with van der Waals surface area (Å²) in [4.78, 5) is 2.59. The standard InChI is InChI=1S/C9H5FN2O/c10-8-7(13)2-1-6-5(3-11)4-12-9(6)8/h1-2,4,12-13H. The van der Waals surface area contributed by atoms with Crippen molar-refractivity contribution in [3.05, 3.63) is 29.7 Å². The fraction of sp³-hybridized carbons (Fsp3) is 0. The number of phenolic OH excluding ortho intramolecular Hbond substituents is 1. The van der Waals surface area contributed by atoms with Crippen LogP contribution in [0.3, 0.4) is 0 Å². The predicted molar refractivity (Wildman–Crippen MR) is 44.6 cm³/mol. The summed E-state index contributed by atoms with van der Waals surface area (Å²) in [5.74, 6) is -1.14. The second kappa shape index (κ2) is 2.49. The minimum Gasteiger partial charge on any atom is -0.505 e. The molecule has 3 nitrogen and oxygen atoms in total. The van der Waals surface area contributed by atoms with Crippen molar-refractivity contribution in [1.82, 2.24) is 4.98 Å². The maximum absolute atomic E-state index is 13.2. The zero-order valence-corrected chi connectivity index (χ0v) is 6.50. The van der Waals surface area contributed by atoms with Crippen LogP contribution in [0.2, 0.25) is 0 Å². The lowest BCUT2D eigenvalue weighted by molar-refractivity contribution is 0.435. The molecule has 0 unspecified atom stereocenters. The summed E-state index contributed by atoms with van der Waals surface area (Å²) >= 11 is 0. The fourth-order valence-corrected chi connectivity index (χ4v) is 1.25. The van der Waals surface area contributed by atoms with E-state index < -0.39 is 11.6 Å². The molecule has 2 aromatic rings. The van der Waals surface area contributed by atoms with Gasteiger partial charge in [-0.25, -0.2) is 4.39 Å². The van der Waals surface area contributed by atoms with E-state index in [-0.39, 0.29) is 5.52 Å². The van der Waals surface area contributed by atoms with Crippen LogP contribution < -0.4 is 0 Å². The molecule has 0 bridgehead atoms. The van der Waals surface area contributed by atoms with E-state index in [4.69, 9.17) is 10.4 Å². The Morgan fingerprint density at radius 2 is 2.23 bits per heavy atom. The monoisotopic (exact) mass is 176 g/mol. The number of hydrogen-bond acceptors (Lipinski definition) is 2. The van der Waals surface area contributed by atoms with E-state index in [0.717, 1.165) is 0 Å². The Hall–Kier alpha value is -2.02. The van der Waals surface area contributed by atoms with Gasteiger partial charge in [-0.2, -0.15) is 5.26 Å². The van der Waals surface area contributed by atoms with Gasteiger partial charge < -0.3 is 10.1 Å². The molecule has 0 spiro atoms. The summed E-state index contributed by atoms with van der Waals surface area (Å²) in [6, 6.07) is 4.65. The smallest absolute Gasteiger partial charge is 0.188 e. The number of phenols is 1. The minimum atomic E-state index is -0.723. The zero-order chi connectivity index (χ0) is 9.42. The number of aromatic hydroxyl groups is 1. The van der Waals surface area contributed by atoms with E-state index in [1.54, 1.807) is 0 Å². The molecule has 64 valence electrons. The van der Waals surface area contributed by atoms with Gasteiger partial charge in [-0.05, 0) is 12.1 Å². The predicted octanol–water partition coefficient (Wildman–Crippen LogP) is 1.88. The van der Waals surface area contributed by atoms with E-state index in [9.17, 15) is 4.39 Å². The Kier molecular flexibility index (Phi) is 1.46. The first kappa shape index (κ1) is 7.62. The van der Waals surface area contributed by atoms with E-state index >= 15 is 0 Å². The summed E-state index contributed by atoms with van der Waals surface area (Å²) in [6.07, 6.45) is 1.41. The van der Waals surface area contributed by atoms with Crippen molar-refractivity contribution >= 4 is 10.9 Å². The molecule has 1 aromatic heterocycles. The highest BCUT2D eigenvalue weighted by atomic mass is 19.1. The minimum absolute atomic E-state index is 0.163. The van der Waals surface area contributed by atoms with E-state index in [0.29, 0.717) is 10.9 Å². The van der Waals surface area contributed by atoms with Crippen molar-refractivity contribution in [3.63, 3.8) is 0 Å². The number of hydrogen-bond donors (Lipinski definition) is 2. The molecular weight excluding hydrogens is 171 g/mol. The second-order valence-corrected chi connectivity index (χ2v) is 2.64. The normalized spacial score (nSPS) is 10.2. The van der Waals surface area contributed by atoms with Crippen molar-refractivity contribution in [3.8, 4) is 11.8 Å². The molecule has 13 heavy (non-hydrogen) atoms. The molecule has 1 heterocycles. The van der Waals surface area contributed by atoms with Crippen LogP contribution in [0.1, 0.15) is 5.56 Å². The first-order valence-electron chi connectivity index (χ1n) is 3.62. The van der Waals surface area contributed by atoms with Gasteiger partial charge in [-0.1, -0.05) is 0 Å². The summed E-state index contributed by atoms with van der Waals surface area (Å²) in [7, 11) is 0. The van der Waals surface area contributed by atoms with Gasteiger partial charge in [0.1, 0.15) is 6.07 Å². The van der Waals surface area contributed by atoms with Gasteiger partial charge in [-0.15, -0.1) is 0 Å². The highest BCUT2D eigenvalue weighted by molar-refractivity contribution is 5.87. The largest absolute Gasteiger partial charge is 0.505 e. The van der Waals surface area contributed by atoms with E-state index in [2.05, 4.69) is 4.98 Å². The lowest BCUT2D eigenvalue weighted by Crippen LogP contribution is -1.78. The number of halogens is 1. The topological polar surface area (TPSA) is 59.8 Å². The lowest BCUT2D eigenvalue weighted by atomic mass is 10.2. The van der Waals surface area contributed by atoms with Crippen molar-refractivity contribution in [2.24, 2.45) is 0 Å². The molecule has 0 amide bonds. The molecule has 1 aromatic carbocycles. The molecule has 0 fully saturated rings. The number of nitrogens with one attached hydrogen (secondary N) is 1. The lowest BCUT2D eigenvalue weighted by Gasteiger charge is -1.95. The number of nitriles is 1. The fourth-order valence-electron chi connectivity index (χ4n) is 1.25. The molecule has 0 saturated carbocycles. The molecule has 2 N–H and O–H groups in total. The summed E-state index contributed by atoms with van der Waals surface area (Å²) in [5, 5.41) is 18.1. The van der Waals surface area contributed by atoms with Crippen molar-refractivity contribution in [2.45, 2.75) is 0 Å². The Labute approximate surface area is 73.0 Å². The molecule has 4 heteroatoms. The SMILES string of the molecule is N#Cc1c[nH]c2c(F)c(O)ccc12. The van der Waals surface area contributed by atoms with Crippen LogP contribution in [-0.4, -0.2) is 10.1 Å².